The summed E-state index contributed by atoms with van der Waals surface area (Å²) in [5.41, 5.74) is 7.19. The Hall–Kier alpha value is -5.66. The fraction of sp³-hybridized carbons (Fsp3) is 0.320. The third kappa shape index (κ3) is 10.1. The van der Waals surface area contributed by atoms with Crippen LogP contribution in [-0.2, 0) is 57.8 Å². The van der Waals surface area contributed by atoms with Crippen LogP contribution in [-0.4, -0.2) is 91.3 Å². The van der Waals surface area contributed by atoms with Gasteiger partial charge in [-0.25, -0.2) is 9.59 Å². The van der Waals surface area contributed by atoms with Gasteiger partial charge in [0.1, 0.15) is 43.7 Å². The highest BCUT2D eigenvalue weighted by molar-refractivity contribution is 5.83. The van der Waals surface area contributed by atoms with Crippen LogP contribution in [0.3, 0.4) is 0 Å². The van der Waals surface area contributed by atoms with Crippen molar-refractivity contribution in [1.82, 2.24) is 4.90 Å². The first-order valence-corrected chi connectivity index (χ1v) is 20.8. The van der Waals surface area contributed by atoms with Crippen molar-refractivity contribution < 1.29 is 47.9 Å². The van der Waals surface area contributed by atoms with E-state index in [2.05, 4.69) is 18.7 Å². The molecule has 0 radical (unpaired) electrons. The number of ether oxygens (including phenoxy) is 7. The van der Waals surface area contributed by atoms with Gasteiger partial charge in [-0.3, -0.25) is 4.90 Å². The van der Waals surface area contributed by atoms with Crippen molar-refractivity contribution >= 4 is 12.1 Å². The van der Waals surface area contributed by atoms with Gasteiger partial charge in [0.15, 0.2) is 6.29 Å². The molecule has 0 aromatic heterocycles. The minimum atomic E-state index is -1.33. The van der Waals surface area contributed by atoms with Crippen LogP contribution in [0.4, 0.5) is 4.79 Å². The van der Waals surface area contributed by atoms with E-state index in [1.807, 2.05) is 127 Å². The van der Waals surface area contributed by atoms with E-state index in [0.29, 0.717) is 6.61 Å². The summed E-state index contributed by atoms with van der Waals surface area (Å²) < 4.78 is 43.8. The maximum atomic E-state index is 14.0. The molecule has 61 heavy (non-hydrogen) atoms. The summed E-state index contributed by atoms with van der Waals surface area (Å²) in [6, 6.07) is 44.4. The first kappa shape index (κ1) is 42.0. The fourth-order valence-electron chi connectivity index (χ4n) is 8.36. The zero-order valence-electron chi connectivity index (χ0n) is 33.9. The number of aliphatic hydroxyl groups is 1. The molecular weight excluding hydrogens is 775 g/mol. The molecule has 11 heteroatoms. The highest BCUT2D eigenvalue weighted by atomic mass is 16.7. The number of benzene rings is 5. The lowest BCUT2D eigenvalue weighted by atomic mass is 9.98. The molecule has 5 aromatic carbocycles. The molecule has 0 spiro atoms. The molecule has 2 heterocycles. The van der Waals surface area contributed by atoms with Gasteiger partial charge < -0.3 is 38.3 Å². The zero-order chi connectivity index (χ0) is 42.0. The number of carbonyl (C=O) groups is 2. The van der Waals surface area contributed by atoms with Crippen molar-refractivity contribution in [3.8, 4) is 11.1 Å². The highest BCUT2D eigenvalue weighted by Crippen LogP contribution is 2.44. The minimum Gasteiger partial charge on any atom is -0.460 e. The lowest BCUT2D eigenvalue weighted by molar-refractivity contribution is -0.326. The second kappa shape index (κ2) is 20.3. The van der Waals surface area contributed by atoms with Crippen LogP contribution in [0, 0.1) is 0 Å². The summed E-state index contributed by atoms with van der Waals surface area (Å²) in [7, 11) is 0. The normalized spacial score (nSPS) is 23.2. The molecule has 2 aliphatic heterocycles. The van der Waals surface area contributed by atoms with Gasteiger partial charge >= 0.3 is 12.1 Å². The zero-order valence-corrected chi connectivity index (χ0v) is 33.9. The first-order valence-electron chi connectivity index (χ1n) is 20.8. The predicted molar refractivity (Wildman–Crippen MR) is 227 cm³/mol. The number of esters is 1. The minimum absolute atomic E-state index is 0.0181. The number of hydrogen-bond donors (Lipinski definition) is 1. The number of amides is 1. The van der Waals surface area contributed by atoms with Crippen LogP contribution in [0.5, 0.6) is 0 Å². The lowest BCUT2D eigenvalue weighted by Gasteiger charge is -2.44. The summed E-state index contributed by atoms with van der Waals surface area (Å²) in [6.45, 7) is 4.53. The molecule has 316 valence electrons. The van der Waals surface area contributed by atoms with Gasteiger partial charge in [-0.15, -0.1) is 0 Å². The fourth-order valence-corrected chi connectivity index (χ4v) is 8.36. The van der Waals surface area contributed by atoms with Gasteiger partial charge in [-0.1, -0.05) is 152 Å². The van der Waals surface area contributed by atoms with Crippen LogP contribution >= 0.6 is 0 Å². The maximum absolute atomic E-state index is 14.0. The number of likely N-dealkylation sites (tertiary alicyclic amines) is 1. The molecule has 1 aliphatic carbocycles. The van der Waals surface area contributed by atoms with Crippen molar-refractivity contribution in [3.05, 3.63) is 180 Å². The molecule has 8 rings (SSSR count). The van der Waals surface area contributed by atoms with E-state index >= 15 is 0 Å². The van der Waals surface area contributed by atoms with E-state index < -0.39 is 54.9 Å². The molecule has 1 amide bonds. The number of fused-ring (bicyclic) bond motifs is 3. The van der Waals surface area contributed by atoms with Crippen molar-refractivity contribution in [1.29, 1.82) is 0 Å². The molecule has 5 aromatic rings. The molecule has 0 bridgehead atoms. The molecule has 0 unspecified atom stereocenters. The van der Waals surface area contributed by atoms with E-state index in [9.17, 15) is 14.7 Å². The predicted octanol–water partition coefficient (Wildman–Crippen LogP) is 7.60. The molecular formula is C50H51NO10. The van der Waals surface area contributed by atoms with Crippen molar-refractivity contribution in [2.24, 2.45) is 0 Å². The molecule has 0 saturated carbocycles. The van der Waals surface area contributed by atoms with E-state index in [0.717, 1.165) is 38.9 Å². The van der Waals surface area contributed by atoms with E-state index in [1.165, 1.54) is 11.0 Å². The Bertz CT molecular complexity index is 2160. The highest BCUT2D eigenvalue weighted by Gasteiger charge is 2.50. The maximum Gasteiger partial charge on any atom is 0.410 e. The van der Waals surface area contributed by atoms with Crippen LogP contribution in [0.1, 0.15) is 40.2 Å². The lowest BCUT2D eigenvalue weighted by Crippen LogP contribution is -2.61. The van der Waals surface area contributed by atoms with E-state index in [1.54, 1.807) is 0 Å². The largest absolute Gasteiger partial charge is 0.460 e. The van der Waals surface area contributed by atoms with Gasteiger partial charge in [0.2, 0.25) is 0 Å². The molecule has 3 aliphatic rings. The molecule has 2 fully saturated rings. The Morgan fingerprint density at radius 2 is 1.23 bits per heavy atom. The van der Waals surface area contributed by atoms with Crippen LogP contribution < -0.4 is 0 Å². The quantitative estimate of drug-likeness (QED) is 0.0742. The molecule has 7 atom stereocenters. The topological polar surface area (TPSA) is 122 Å². The number of aliphatic hydroxyl groups excluding tert-OH is 1. The van der Waals surface area contributed by atoms with E-state index in [4.69, 9.17) is 33.2 Å². The second-order valence-corrected chi connectivity index (χ2v) is 15.4. The van der Waals surface area contributed by atoms with Gasteiger partial charge in [0, 0.05) is 12.3 Å². The number of rotatable bonds is 17. The van der Waals surface area contributed by atoms with Crippen LogP contribution in [0.2, 0.25) is 0 Å². The van der Waals surface area contributed by atoms with Crippen LogP contribution in [0.15, 0.2) is 152 Å². The summed E-state index contributed by atoms with van der Waals surface area (Å²) >= 11 is 0. The summed E-state index contributed by atoms with van der Waals surface area (Å²) in [5.74, 6) is -0.788. The van der Waals surface area contributed by atoms with Gasteiger partial charge in [0.05, 0.1) is 39.1 Å². The monoisotopic (exact) mass is 825 g/mol. The Kier molecular flexibility index (Phi) is 14.0. The van der Waals surface area contributed by atoms with E-state index in [-0.39, 0.29) is 51.9 Å². The number of hydrogen-bond acceptors (Lipinski definition) is 10. The SMILES string of the molecule is C=CCOC(=O)[C@@H]1C[C@H](O[C@@H]2O[C@H](COCc3ccccc3)[C@@H](OCc3ccccc3)[C@H](OCc3ccccc3)[C@@H]2O)CN1C(=O)OCC1c2ccccc2-c2ccccc21. The van der Waals surface area contributed by atoms with Gasteiger partial charge in [-0.2, -0.15) is 0 Å². The van der Waals surface area contributed by atoms with Crippen molar-refractivity contribution in [2.45, 2.75) is 75.0 Å². The Morgan fingerprint density at radius 1 is 0.689 bits per heavy atom. The Labute approximate surface area is 356 Å². The number of nitrogens with zero attached hydrogens (tertiary/aromatic N) is 1. The standard InChI is InChI=1S/C50H51NO10/c1-2-26-56-48(53)43-27-37(28-51(43)50(54)59-32-42-40-24-14-12-22-38(40)39-23-13-15-25-41(39)42)60-49-45(52)47(58-31-36-20-10-5-11-21-36)46(57-30-35-18-8-4-9-19-35)44(61-49)33-55-29-34-16-6-3-7-17-34/h2-25,37,42-47,49,52H,1,26-33H2/t37-,43-,44+,45-,46+,47+,49+/m0/s1. The third-order valence-corrected chi connectivity index (χ3v) is 11.4. The summed E-state index contributed by atoms with van der Waals surface area (Å²) in [6.07, 6.45) is -4.87. The second-order valence-electron chi connectivity index (χ2n) is 15.4. The number of carbonyl (C=O) groups excluding carboxylic acids is 2. The van der Waals surface area contributed by atoms with Gasteiger partial charge in [-0.05, 0) is 38.9 Å². The summed E-state index contributed by atoms with van der Waals surface area (Å²) in [4.78, 5) is 28.8. The Morgan fingerprint density at radius 3 is 1.82 bits per heavy atom. The smallest absolute Gasteiger partial charge is 0.410 e. The average Bonchev–Trinajstić information content (AvgIpc) is 3.88. The molecule has 2 saturated heterocycles. The van der Waals surface area contributed by atoms with Crippen molar-refractivity contribution in [2.75, 3.05) is 26.4 Å². The van der Waals surface area contributed by atoms with Crippen molar-refractivity contribution in [3.63, 3.8) is 0 Å². The van der Waals surface area contributed by atoms with Gasteiger partial charge in [0.25, 0.3) is 0 Å². The summed E-state index contributed by atoms with van der Waals surface area (Å²) in [5, 5.41) is 12.1. The average molecular weight is 826 g/mol. The third-order valence-electron chi connectivity index (χ3n) is 11.4. The first-order chi connectivity index (χ1) is 30.0. The molecule has 11 nitrogen and oxygen atoms in total. The Balaban J connectivity index is 1.01. The van der Waals surface area contributed by atoms with Crippen LogP contribution in [0.25, 0.3) is 11.1 Å². The molecule has 1 N–H and O–H groups in total.